The predicted molar refractivity (Wildman–Crippen MR) is 101 cm³/mol. The summed E-state index contributed by atoms with van der Waals surface area (Å²) in [4.78, 5) is 27.9. The van der Waals surface area contributed by atoms with Crippen LogP contribution >= 0.6 is 11.8 Å². The maximum Gasteiger partial charge on any atom is 0.241 e. The molecule has 1 saturated heterocycles. The number of thioether (sulfide) groups is 1. The Balaban J connectivity index is 2.64. The molecule has 6 nitrogen and oxygen atoms in total. The topological polar surface area (TPSA) is 96.6 Å². The Labute approximate surface area is 149 Å². The van der Waals surface area contributed by atoms with Crippen molar-refractivity contribution < 1.29 is 9.59 Å². The molecule has 0 aromatic heterocycles. The summed E-state index contributed by atoms with van der Waals surface area (Å²) in [5, 5.41) is 5.76. The Morgan fingerprint density at radius 1 is 1.42 bits per heavy atom. The van der Waals surface area contributed by atoms with Crippen molar-refractivity contribution in [3.05, 3.63) is 11.8 Å². The number of hydrogen-bond acceptors (Lipinski definition) is 5. The Morgan fingerprint density at radius 3 is 2.50 bits per heavy atom. The molecule has 0 saturated carbocycles. The van der Waals surface area contributed by atoms with Gasteiger partial charge in [0.2, 0.25) is 11.8 Å². The van der Waals surface area contributed by atoms with E-state index in [9.17, 15) is 9.59 Å². The average Bonchev–Trinajstić information content (AvgIpc) is 2.89. The number of carbonyl (C=O) groups is 2. The van der Waals surface area contributed by atoms with Crippen LogP contribution in [0.2, 0.25) is 0 Å². The number of allylic oxidation sites excluding steroid dienone is 1. The van der Waals surface area contributed by atoms with Crippen molar-refractivity contribution in [2.45, 2.75) is 58.2 Å². The molecule has 7 heteroatoms. The van der Waals surface area contributed by atoms with Crippen molar-refractivity contribution in [1.82, 2.24) is 10.6 Å². The van der Waals surface area contributed by atoms with E-state index in [-0.39, 0.29) is 23.3 Å². The number of carbonyl (C=O) groups excluding carboxylic acids is 2. The zero-order valence-electron chi connectivity index (χ0n) is 15.5. The average molecular weight is 355 g/mol. The summed E-state index contributed by atoms with van der Waals surface area (Å²) < 4.78 is -0.631. The molecule has 1 rings (SSSR count). The van der Waals surface area contributed by atoms with Crippen LogP contribution in [0, 0.1) is 5.41 Å². The number of nitrogens with zero attached hydrogens (tertiary/aromatic N) is 1. The molecule has 2 amide bonds. The molecule has 4 N–H and O–H groups in total. The molecule has 0 aromatic rings. The highest BCUT2D eigenvalue weighted by Gasteiger charge is 2.31. The maximum absolute atomic E-state index is 12.6. The lowest BCUT2D eigenvalue weighted by Gasteiger charge is -2.25. The van der Waals surface area contributed by atoms with Crippen molar-refractivity contribution in [2.24, 2.45) is 16.1 Å². The highest BCUT2D eigenvalue weighted by Crippen LogP contribution is 2.27. The van der Waals surface area contributed by atoms with Gasteiger partial charge in [0.15, 0.2) is 0 Å². The second kappa shape index (κ2) is 8.05. The molecule has 1 aliphatic rings. The summed E-state index contributed by atoms with van der Waals surface area (Å²) in [7, 11) is 1.62. The molecule has 0 radical (unpaired) electrons. The van der Waals surface area contributed by atoms with E-state index in [1.54, 1.807) is 13.1 Å². The first kappa shape index (κ1) is 20.5. The van der Waals surface area contributed by atoms with Gasteiger partial charge in [-0.3, -0.25) is 14.6 Å². The smallest absolute Gasteiger partial charge is 0.241 e. The molecule has 0 aliphatic carbocycles. The van der Waals surface area contributed by atoms with E-state index in [1.807, 2.05) is 34.6 Å². The molecule has 0 unspecified atom stereocenters. The minimum Gasteiger partial charge on any atom is -0.401 e. The van der Waals surface area contributed by atoms with Crippen LogP contribution in [0.25, 0.3) is 0 Å². The molecule has 0 spiro atoms. The second-order valence-corrected chi connectivity index (χ2v) is 9.18. The van der Waals surface area contributed by atoms with Crippen LogP contribution < -0.4 is 16.4 Å². The normalized spacial score (nSPS) is 20.1. The van der Waals surface area contributed by atoms with Crippen LogP contribution in [0.15, 0.2) is 16.8 Å². The third kappa shape index (κ3) is 6.19. The van der Waals surface area contributed by atoms with Gasteiger partial charge < -0.3 is 16.4 Å². The number of nitrogens with one attached hydrogen (secondary N) is 2. The third-order valence-corrected chi connectivity index (χ3v) is 5.39. The summed E-state index contributed by atoms with van der Waals surface area (Å²) in [5.41, 5.74) is 6.52. The van der Waals surface area contributed by atoms with Crippen LogP contribution in [0.1, 0.15) is 47.5 Å². The number of rotatable bonds is 5. The molecular formula is C17H30N4O2S. The summed E-state index contributed by atoms with van der Waals surface area (Å²) in [6, 6.07) is 0.144. The van der Waals surface area contributed by atoms with E-state index in [0.717, 1.165) is 6.42 Å². The van der Waals surface area contributed by atoms with Gasteiger partial charge >= 0.3 is 0 Å². The van der Waals surface area contributed by atoms with Gasteiger partial charge in [0.05, 0.1) is 4.75 Å². The maximum atomic E-state index is 12.6. The van der Waals surface area contributed by atoms with Gasteiger partial charge in [0.25, 0.3) is 0 Å². The van der Waals surface area contributed by atoms with Crippen molar-refractivity contribution >= 4 is 29.4 Å². The van der Waals surface area contributed by atoms with Gasteiger partial charge in [-0.05, 0) is 26.3 Å². The first-order valence-corrected chi connectivity index (χ1v) is 9.13. The highest BCUT2D eigenvalue weighted by atomic mass is 32.2. The SMILES string of the molecule is CN=C(C=C(N)C(C)(C)C)NC(=O)C(C)(C)SC[C@@H]1CCC(=O)N1. The first-order valence-electron chi connectivity index (χ1n) is 8.15. The van der Waals surface area contributed by atoms with Crippen LogP contribution in [-0.2, 0) is 9.59 Å². The zero-order chi connectivity index (χ0) is 18.5. The Kier molecular flexibility index (Phi) is 6.89. The van der Waals surface area contributed by atoms with E-state index in [4.69, 9.17) is 5.73 Å². The van der Waals surface area contributed by atoms with Crippen molar-refractivity contribution in [2.75, 3.05) is 12.8 Å². The number of amidine groups is 1. The second-order valence-electron chi connectivity index (χ2n) is 7.54. The Hall–Kier alpha value is -1.50. The van der Waals surface area contributed by atoms with Gasteiger partial charge in [0, 0.05) is 36.4 Å². The lowest BCUT2D eigenvalue weighted by atomic mass is 9.92. The minimum absolute atomic E-state index is 0.0889. The summed E-state index contributed by atoms with van der Waals surface area (Å²) in [5.74, 6) is 1.13. The number of aliphatic imine (C=N–C) groups is 1. The Morgan fingerprint density at radius 2 is 2.04 bits per heavy atom. The lowest BCUT2D eigenvalue weighted by Crippen LogP contribution is -2.44. The molecule has 24 heavy (non-hydrogen) atoms. The van der Waals surface area contributed by atoms with Crippen molar-refractivity contribution in [3.63, 3.8) is 0 Å². The summed E-state index contributed by atoms with van der Waals surface area (Å²) in [6.45, 7) is 9.75. The molecule has 0 bridgehead atoms. The molecular weight excluding hydrogens is 324 g/mol. The fourth-order valence-electron chi connectivity index (χ4n) is 1.96. The fraction of sp³-hybridized carbons (Fsp3) is 0.706. The first-order chi connectivity index (χ1) is 11.0. The van der Waals surface area contributed by atoms with Gasteiger partial charge in [-0.25, -0.2) is 0 Å². The van der Waals surface area contributed by atoms with Crippen LogP contribution in [-0.4, -0.2) is 41.2 Å². The number of hydrogen-bond donors (Lipinski definition) is 3. The van der Waals surface area contributed by atoms with Crippen LogP contribution in [0.5, 0.6) is 0 Å². The molecule has 1 aliphatic heterocycles. The van der Waals surface area contributed by atoms with E-state index in [0.29, 0.717) is 23.7 Å². The predicted octanol–water partition coefficient (Wildman–Crippen LogP) is 1.81. The Bertz CT molecular complexity index is 547. The van der Waals surface area contributed by atoms with Gasteiger partial charge in [-0.2, -0.15) is 0 Å². The van der Waals surface area contributed by atoms with Crippen LogP contribution in [0.4, 0.5) is 0 Å². The van der Waals surface area contributed by atoms with E-state index < -0.39 is 4.75 Å². The molecule has 1 fully saturated rings. The lowest BCUT2D eigenvalue weighted by molar-refractivity contribution is -0.121. The van der Waals surface area contributed by atoms with Crippen molar-refractivity contribution in [1.29, 1.82) is 0 Å². The van der Waals surface area contributed by atoms with Crippen molar-refractivity contribution in [3.8, 4) is 0 Å². The molecule has 0 aromatic carbocycles. The summed E-state index contributed by atoms with van der Waals surface area (Å²) in [6.07, 6.45) is 3.10. The monoisotopic (exact) mass is 354 g/mol. The molecule has 136 valence electrons. The minimum atomic E-state index is -0.631. The van der Waals surface area contributed by atoms with Gasteiger partial charge in [-0.1, -0.05) is 20.8 Å². The number of amides is 2. The van der Waals surface area contributed by atoms with E-state index in [1.165, 1.54) is 11.8 Å². The fourth-order valence-corrected chi connectivity index (χ4v) is 3.01. The molecule has 1 heterocycles. The number of nitrogens with two attached hydrogens (primary N) is 1. The largest absolute Gasteiger partial charge is 0.401 e. The molecule has 1 atom stereocenters. The van der Waals surface area contributed by atoms with Crippen LogP contribution in [0.3, 0.4) is 0 Å². The summed E-state index contributed by atoms with van der Waals surface area (Å²) >= 11 is 1.53. The van der Waals surface area contributed by atoms with E-state index in [2.05, 4.69) is 15.6 Å². The quantitative estimate of drug-likeness (QED) is 0.518. The van der Waals surface area contributed by atoms with E-state index >= 15 is 0 Å². The van der Waals surface area contributed by atoms with Gasteiger partial charge in [0.1, 0.15) is 5.84 Å². The standard InChI is InChI=1S/C17H30N4O2S/c1-16(2,3)12(18)9-13(19-6)21-15(23)17(4,5)24-10-11-7-8-14(22)20-11/h9,11H,7-8,10,18H2,1-6H3,(H,20,22)(H,19,21,23)/t11-/m0/s1. The highest BCUT2D eigenvalue weighted by molar-refractivity contribution is 8.01. The zero-order valence-corrected chi connectivity index (χ0v) is 16.3. The van der Waals surface area contributed by atoms with Gasteiger partial charge in [-0.15, -0.1) is 11.8 Å². The third-order valence-electron chi connectivity index (χ3n) is 3.92.